The van der Waals surface area contributed by atoms with Crippen molar-refractivity contribution in [3.63, 3.8) is 0 Å². The monoisotopic (exact) mass is 556 g/mol. The van der Waals surface area contributed by atoms with Gasteiger partial charge in [-0.3, -0.25) is 14.4 Å². The Morgan fingerprint density at radius 1 is 1.00 bits per heavy atom. The predicted octanol–water partition coefficient (Wildman–Crippen LogP) is 3.96. The molecule has 2 aromatic rings. The number of halogens is 3. The lowest BCUT2D eigenvalue weighted by atomic mass is 10.0. The van der Waals surface area contributed by atoms with Gasteiger partial charge in [0, 0.05) is 15.6 Å². The van der Waals surface area contributed by atoms with E-state index >= 15 is 0 Å². The molecule has 36 heavy (non-hydrogen) atoms. The second-order valence-electron chi connectivity index (χ2n) is 8.20. The number of nitrogens with one attached hydrogen (secondary N) is 2. The number of nitrogens with two attached hydrogens (primary N) is 1. The van der Waals surface area contributed by atoms with Crippen LogP contribution in [0, 0.1) is 5.92 Å². The standard InChI is InChI=1S/C24H27Cl3N4O5/c1-13(2)8-19(30-23(33)14(3)36-21-7-5-17(26)10-18(21)27)24(34)31-29-11-15-9-16(25)4-6-20(15)35-12-22(28)32/h4-7,9-11,13-14,19H,8,12H2,1-3H3,(H2,28,32)(H,30,33)(H,31,34)/b29-11-/t14-,19+/m1/s1. The number of amides is 3. The highest BCUT2D eigenvalue weighted by Gasteiger charge is 2.25. The molecule has 2 aromatic carbocycles. The topological polar surface area (TPSA) is 132 Å². The Labute approximate surface area is 224 Å². The van der Waals surface area contributed by atoms with Gasteiger partial charge in [-0.05, 0) is 55.7 Å². The zero-order chi connectivity index (χ0) is 26.8. The number of primary amides is 1. The Bertz CT molecular complexity index is 1130. The highest BCUT2D eigenvalue weighted by atomic mass is 35.5. The summed E-state index contributed by atoms with van der Waals surface area (Å²) in [7, 11) is 0. The highest BCUT2D eigenvalue weighted by Crippen LogP contribution is 2.28. The fraction of sp³-hybridized carbons (Fsp3) is 0.333. The number of hydrazone groups is 1. The number of benzene rings is 2. The van der Waals surface area contributed by atoms with Crippen molar-refractivity contribution in [3.05, 3.63) is 57.0 Å². The van der Waals surface area contributed by atoms with Gasteiger partial charge in [-0.2, -0.15) is 5.10 Å². The van der Waals surface area contributed by atoms with Gasteiger partial charge in [0.15, 0.2) is 12.7 Å². The first-order valence-electron chi connectivity index (χ1n) is 10.9. The lowest BCUT2D eigenvalue weighted by Crippen LogP contribution is -2.49. The van der Waals surface area contributed by atoms with Crippen LogP contribution in [0.25, 0.3) is 0 Å². The Morgan fingerprint density at radius 3 is 2.25 bits per heavy atom. The minimum atomic E-state index is -0.939. The second-order valence-corrected chi connectivity index (χ2v) is 9.48. The fourth-order valence-electron chi connectivity index (χ4n) is 2.95. The van der Waals surface area contributed by atoms with Crippen LogP contribution in [0.1, 0.15) is 32.8 Å². The number of ether oxygens (including phenoxy) is 2. The number of rotatable bonds is 12. The van der Waals surface area contributed by atoms with E-state index in [2.05, 4.69) is 15.8 Å². The average Bonchev–Trinajstić information content (AvgIpc) is 2.79. The summed E-state index contributed by atoms with van der Waals surface area (Å²) >= 11 is 18.0. The van der Waals surface area contributed by atoms with Crippen molar-refractivity contribution in [1.29, 1.82) is 0 Å². The molecular weight excluding hydrogens is 531 g/mol. The van der Waals surface area contributed by atoms with Crippen molar-refractivity contribution in [2.24, 2.45) is 16.8 Å². The van der Waals surface area contributed by atoms with E-state index < -0.39 is 29.9 Å². The van der Waals surface area contributed by atoms with Crippen molar-refractivity contribution >= 4 is 58.7 Å². The van der Waals surface area contributed by atoms with Gasteiger partial charge in [-0.15, -0.1) is 0 Å². The lowest BCUT2D eigenvalue weighted by Gasteiger charge is -2.22. The molecule has 12 heteroatoms. The van der Waals surface area contributed by atoms with Crippen LogP contribution in [-0.4, -0.2) is 42.7 Å². The van der Waals surface area contributed by atoms with Gasteiger partial charge >= 0.3 is 0 Å². The first-order chi connectivity index (χ1) is 17.0. The van der Waals surface area contributed by atoms with Crippen LogP contribution in [0.2, 0.25) is 15.1 Å². The Morgan fingerprint density at radius 2 is 1.64 bits per heavy atom. The minimum Gasteiger partial charge on any atom is -0.483 e. The van der Waals surface area contributed by atoms with Crippen molar-refractivity contribution < 1.29 is 23.9 Å². The summed E-state index contributed by atoms with van der Waals surface area (Å²) in [5, 5.41) is 7.72. The SMILES string of the molecule is CC(C)C[C@H](NC(=O)[C@@H](C)Oc1ccc(Cl)cc1Cl)C(=O)N/N=C\c1cc(Cl)ccc1OCC(N)=O. The maximum atomic E-state index is 12.8. The highest BCUT2D eigenvalue weighted by molar-refractivity contribution is 6.35. The summed E-state index contributed by atoms with van der Waals surface area (Å²) in [6, 6.07) is 8.42. The molecule has 2 rings (SSSR count). The molecule has 0 saturated heterocycles. The second kappa shape index (κ2) is 13.9. The van der Waals surface area contributed by atoms with Crippen LogP contribution in [-0.2, 0) is 14.4 Å². The minimum absolute atomic E-state index is 0.0914. The van der Waals surface area contributed by atoms with Gasteiger partial charge in [0.2, 0.25) is 0 Å². The summed E-state index contributed by atoms with van der Waals surface area (Å²) in [4.78, 5) is 36.6. The third kappa shape index (κ3) is 9.56. The maximum Gasteiger partial charge on any atom is 0.262 e. The van der Waals surface area contributed by atoms with E-state index in [-0.39, 0.29) is 23.3 Å². The molecule has 0 spiro atoms. The first-order valence-corrected chi connectivity index (χ1v) is 12.0. The molecule has 0 radical (unpaired) electrons. The van der Waals surface area contributed by atoms with Gasteiger partial charge < -0.3 is 20.5 Å². The predicted molar refractivity (Wildman–Crippen MR) is 140 cm³/mol. The van der Waals surface area contributed by atoms with Crippen LogP contribution >= 0.6 is 34.8 Å². The Hall–Kier alpha value is -3.01. The summed E-state index contributed by atoms with van der Waals surface area (Å²) in [6.45, 7) is 5.03. The molecule has 0 aliphatic carbocycles. The molecule has 194 valence electrons. The first kappa shape index (κ1) is 29.2. The molecule has 0 aliphatic heterocycles. The quantitative estimate of drug-likeness (QED) is 0.268. The number of carbonyl (C=O) groups excluding carboxylic acids is 3. The molecular formula is C24H27Cl3N4O5. The third-order valence-electron chi connectivity index (χ3n) is 4.63. The number of hydrogen-bond acceptors (Lipinski definition) is 6. The summed E-state index contributed by atoms with van der Waals surface area (Å²) in [6.07, 6.45) is 0.722. The van der Waals surface area contributed by atoms with E-state index in [0.717, 1.165) is 0 Å². The van der Waals surface area contributed by atoms with Crippen LogP contribution in [0.4, 0.5) is 0 Å². The lowest BCUT2D eigenvalue weighted by molar-refractivity contribution is -0.132. The zero-order valence-corrected chi connectivity index (χ0v) is 22.2. The van der Waals surface area contributed by atoms with Crippen LogP contribution in [0.15, 0.2) is 41.5 Å². The van der Waals surface area contributed by atoms with Crippen molar-refractivity contribution in [2.75, 3.05) is 6.61 Å². The summed E-state index contributed by atoms with van der Waals surface area (Å²) < 4.78 is 11.0. The maximum absolute atomic E-state index is 12.8. The van der Waals surface area contributed by atoms with E-state index in [0.29, 0.717) is 27.8 Å². The van der Waals surface area contributed by atoms with E-state index in [4.69, 9.17) is 50.0 Å². The molecule has 0 fully saturated rings. The van der Waals surface area contributed by atoms with E-state index in [1.807, 2.05) is 13.8 Å². The largest absolute Gasteiger partial charge is 0.483 e. The molecule has 9 nitrogen and oxygen atoms in total. The van der Waals surface area contributed by atoms with Crippen LogP contribution in [0.5, 0.6) is 11.5 Å². The smallest absolute Gasteiger partial charge is 0.262 e. The third-order valence-corrected chi connectivity index (χ3v) is 5.39. The van der Waals surface area contributed by atoms with Gasteiger partial charge in [-0.1, -0.05) is 48.7 Å². The van der Waals surface area contributed by atoms with Crippen molar-refractivity contribution in [2.45, 2.75) is 39.3 Å². The zero-order valence-electron chi connectivity index (χ0n) is 19.9. The molecule has 0 heterocycles. The van der Waals surface area contributed by atoms with Crippen molar-refractivity contribution in [1.82, 2.24) is 10.7 Å². The number of nitrogens with zero attached hydrogens (tertiary/aromatic N) is 1. The summed E-state index contributed by atoms with van der Waals surface area (Å²) in [5.41, 5.74) is 7.93. The normalized spacial score (nSPS) is 12.8. The molecule has 0 aliphatic rings. The Balaban J connectivity index is 2.06. The molecule has 4 N–H and O–H groups in total. The summed E-state index contributed by atoms with van der Waals surface area (Å²) in [5.74, 6) is -1.02. The average molecular weight is 558 g/mol. The molecule has 0 bridgehead atoms. The molecule has 2 atom stereocenters. The Kier molecular flexibility index (Phi) is 11.3. The van der Waals surface area contributed by atoms with Gasteiger partial charge in [0.1, 0.15) is 17.5 Å². The molecule has 0 saturated carbocycles. The van der Waals surface area contributed by atoms with Gasteiger partial charge in [-0.25, -0.2) is 5.43 Å². The number of carbonyl (C=O) groups is 3. The fourth-order valence-corrected chi connectivity index (χ4v) is 3.58. The van der Waals surface area contributed by atoms with E-state index in [9.17, 15) is 14.4 Å². The van der Waals surface area contributed by atoms with Crippen LogP contribution < -0.4 is 25.9 Å². The molecule has 3 amide bonds. The van der Waals surface area contributed by atoms with E-state index in [1.54, 1.807) is 30.3 Å². The van der Waals surface area contributed by atoms with Gasteiger partial charge in [0.05, 0.1) is 11.2 Å². The van der Waals surface area contributed by atoms with Crippen LogP contribution in [0.3, 0.4) is 0 Å². The van der Waals surface area contributed by atoms with Crippen molar-refractivity contribution in [3.8, 4) is 11.5 Å². The molecule has 0 unspecified atom stereocenters. The molecule has 0 aromatic heterocycles. The van der Waals surface area contributed by atoms with Gasteiger partial charge in [0.25, 0.3) is 17.7 Å². The van der Waals surface area contributed by atoms with E-state index in [1.165, 1.54) is 19.2 Å². The number of hydrogen-bond donors (Lipinski definition) is 3.